The second kappa shape index (κ2) is 7.20. The van der Waals surface area contributed by atoms with Gasteiger partial charge in [0.2, 0.25) is 0 Å². The molecule has 1 aliphatic rings. The number of benzene rings is 2. The monoisotopic (exact) mass is 372 g/mol. The Bertz CT molecular complexity index is 930. The highest BCUT2D eigenvalue weighted by Crippen LogP contribution is 2.45. The van der Waals surface area contributed by atoms with E-state index in [-0.39, 0.29) is 65.1 Å². The molecule has 0 amide bonds. The molecule has 7 nitrogen and oxygen atoms in total. The smallest absolute Gasteiger partial charge is 0.181 e. The zero-order valence-corrected chi connectivity index (χ0v) is 14.6. The van der Waals surface area contributed by atoms with Gasteiger partial charge in [0.1, 0.15) is 40.9 Å². The van der Waals surface area contributed by atoms with Gasteiger partial charge in [-0.2, -0.15) is 0 Å². The average molecular weight is 372 g/mol. The maximum atomic E-state index is 13.0. The number of aliphatic hydroxyl groups excluding tert-OH is 1. The summed E-state index contributed by atoms with van der Waals surface area (Å²) in [5, 5.41) is 49.3. The van der Waals surface area contributed by atoms with Gasteiger partial charge in [-0.05, 0) is 19.4 Å². The van der Waals surface area contributed by atoms with Gasteiger partial charge in [0.05, 0.1) is 12.5 Å². The number of fused-ring (bicyclic) bond motifs is 1. The van der Waals surface area contributed by atoms with Crippen LogP contribution in [0.1, 0.15) is 34.3 Å². The van der Waals surface area contributed by atoms with Gasteiger partial charge < -0.3 is 30.3 Å². The van der Waals surface area contributed by atoms with Crippen LogP contribution in [-0.2, 0) is 6.42 Å². The van der Waals surface area contributed by atoms with Crippen molar-refractivity contribution in [1.82, 2.24) is 0 Å². The second-order valence-electron chi connectivity index (χ2n) is 6.48. The first-order valence-electron chi connectivity index (χ1n) is 8.36. The van der Waals surface area contributed by atoms with Crippen LogP contribution in [-0.4, -0.2) is 44.5 Å². The Morgan fingerprint density at radius 3 is 2.59 bits per heavy atom. The van der Waals surface area contributed by atoms with Crippen LogP contribution >= 0.6 is 0 Å². The summed E-state index contributed by atoms with van der Waals surface area (Å²) in [6, 6.07) is 5.18. The van der Waals surface area contributed by atoms with Crippen LogP contribution in [0, 0.1) is 0 Å². The molecule has 1 atom stereocenters. The van der Waals surface area contributed by atoms with Gasteiger partial charge in [-0.1, -0.05) is 17.7 Å². The molecule has 7 heteroatoms. The van der Waals surface area contributed by atoms with Crippen LogP contribution in [0.25, 0.3) is 0 Å². The lowest BCUT2D eigenvalue weighted by atomic mass is 9.86. The van der Waals surface area contributed by atoms with Gasteiger partial charge in [0.15, 0.2) is 5.78 Å². The number of carbonyl (C=O) groups is 1. The number of phenols is 4. The number of aromatic hydroxyl groups is 4. The van der Waals surface area contributed by atoms with E-state index in [9.17, 15) is 25.2 Å². The maximum Gasteiger partial charge on any atom is 0.181 e. The number of rotatable bonds is 4. The molecule has 0 saturated carbocycles. The van der Waals surface area contributed by atoms with Crippen LogP contribution in [0.3, 0.4) is 0 Å². The first-order valence-corrected chi connectivity index (χ1v) is 8.36. The molecular formula is C20H20O7. The van der Waals surface area contributed by atoms with Crippen LogP contribution in [0.4, 0.5) is 0 Å². The standard InChI is InChI=1S/C20H20O7/c1-10(8-21)2-4-13-16(24)7-17-18(19(13)25)20(26)14(9-27-17)12-5-3-11(22)6-15(12)23/h2-3,5-7,14,21-25H,4,8-9H2,1H3/b10-2+/t14-/m0/s1. The normalized spacial score (nSPS) is 16.7. The summed E-state index contributed by atoms with van der Waals surface area (Å²) >= 11 is 0. The number of allylic oxidation sites excluding steroid dienone is 1. The summed E-state index contributed by atoms with van der Waals surface area (Å²) in [7, 11) is 0. The number of phenolic OH excluding ortho intramolecular Hbond substituents is 4. The summed E-state index contributed by atoms with van der Waals surface area (Å²) in [5.41, 5.74) is 1.00. The molecule has 0 fully saturated rings. The number of ketones is 1. The van der Waals surface area contributed by atoms with Crippen molar-refractivity contribution in [3.63, 3.8) is 0 Å². The van der Waals surface area contributed by atoms with E-state index in [1.165, 1.54) is 18.2 Å². The van der Waals surface area contributed by atoms with Crippen LogP contribution in [0.15, 0.2) is 35.9 Å². The third kappa shape index (κ3) is 3.41. The largest absolute Gasteiger partial charge is 0.508 e. The van der Waals surface area contributed by atoms with Gasteiger partial charge in [-0.25, -0.2) is 0 Å². The van der Waals surface area contributed by atoms with Crippen molar-refractivity contribution in [2.45, 2.75) is 19.3 Å². The molecule has 1 heterocycles. The molecule has 0 spiro atoms. The lowest BCUT2D eigenvalue weighted by molar-refractivity contribution is 0.0889. The van der Waals surface area contributed by atoms with E-state index in [0.717, 1.165) is 6.07 Å². The number of ether oxygens (including phenoxy) is 1. The van der Waals surface area contributed by atoms with Gasteiger partial charge in [-0.3, -0.25) is 4.79 Å². The minimum atomic E-state index is -0.865. The number of Topliss-reactive ketones (excluding diaryl/α,β-unsaturated/α-hetero) is 1. The SMILES string of the molecule is C/C(=C\Cc1c(O)cc2c(c1O)C(=O)[C@H](c1ccc(O)cc1O)CO2)CO. The number of aliphatic hydroxyl groups is 1. The minimum absolute atomic E-state index is 0.0659. The minimum Gasteiger partial charge on any atom is -0.508 e. The van der Waals surface area contributed by atoms with Gasteiger partial charge >= 0.3 is 0 Å². The Balaban J connectivity index is 2.03. The lowest BCUT2D eigenvalue weighted by Crippen LogP contribution is -2.26. The fourth-order valence-electron chi connectivity index (χ4n) is 3.05. The van der Waals surface area contributed by atoms with Crippen molar-refractivity contribution < 1.29 is 35.1 Å². The predicted octanol–water partition coefficient (Wildman–Crippen LogP) is 2.35. The van der Waals surface area contributed by atoms with Crippen molar-refractivity contribution in [3.05, 3.63) is 52.6 Å². The summed E-state index contributed by atoms with van der Waals surface area (Å²) < 4.78 is 5.54. The molecule has 0 saturated heterocycles. The van der Waals surface area contributed by atoms with Crippen molar-refractivity contribution in [3.8, 4) is 28.7 Å². The van der Waals surface area contributed by atoms with Crippen LogP contribution < -0.4 is 4.74 Å². The summed E-state index contributed by atoms with van der Waals surface area (Å²) in [6.45, 7) is 1.47. The molecular weight excluding hydrogens is 352 g/mol. The quantitative estimate of drug-likeness (QED) is 0.521. The Kier molecular flexibility index (Phi) is 4.96. The number of carbonyl (C=O) groups excluding carboxylic acids is 1. The fraction of sp³-hybridized carbons (Fsp3) is 0.250. The van der Waals surface area contributed by atoms with E-state index >= 15 is 0 Å². The first-order chi connectivity index (χ1) is 12.8. The number of hydrogen-bond acceptors (Lipinski definition) is 7. The number of hydrogen-bond donors (Lipinski definition) is 5. The molecule has 0 bridgehead atoms. The molecule has 2 aromatic carbocycles. The Hall–Kier alpha value is -3.19. The molecule has 0 aromatic heterocycles. The molecule has 0 radical (unpaired) electrons. The zero-order chi connectivity index (χ0) is 19.7. The Labute approximate surface area is 155 Å². The fourth-order valence-corrected chi connectivity index (χ4v) is 3.05. The van der Waals surface area contributed by atoms with Gasteiger partial charge in [0, 0.05) is 23.3 Å². The highest BCUT2D eigenvalue weighted by atomic mass is 16.5. The van der Waals surface area contributed by atoms with E-state index in [1.807, 2.05) is 0 Å². The molecule has 0 unspecified atom stereocenters. The van der Waals surface area contributed by atoms with Crippen molar-refractivity contribution in [2.75, 3.05) is 13.2 Å². The van der Waals surface area contributed by atoms with Gasteiger partial charge in [-0.15, -0.1) is 0 Å². The summed E-state index contributed by atoms with van der Waals surface area (Å²) in [4.78, 5) is 13.0. The van der Waals surface area contributed by atoms with Crippen molar-refractivity contribution in [2.24, 2.45) is 0 Å². The molecule has 0 aliphatic carbocycles. The molecule has 3 rings (SSSR count). The molecule has 142 valence electrons. The highest BCUT2D eigenvalue weighted by molar-refractivity contribution is 6.07. The third-order valence-electron chi connectivity index (χ3n) is 4.61. The van der Waals surface area contributed by atoms with E-state index in [2.05, 4.69) is 0 Å². The van der Waals surface area contributed by atoms with Gasteiger partial charge in [0.25, 0.3) is 0 Å². The highest BCUT2D eigenvalue weighted by Gasteiger charge is 2.35. The Morgan fingerprint density at radius 2 is 1.93 bits per heavy atom. The molecule has 2 aromatic rings. The zero-order valence-electron chi connectivity index (χ0n) is 14.6. The van der Waals surface area contributed by atoms with E-state index in [0.29, 0.717) is 5.57 Å². The van der Waals surface area contributed by atoms with Crippen molar-refractivity contribution in [1.29, 1.82) is 0 Å². The van der Waals surface area contributed by atoms with E-state index < -0.39 is 11.7 Å². The third-order valence-corrected chi connectivity index (χ3v) is 4.61. The average Bonchev–Trinajstić information content (AvgIpc) is 2.62. The van der Waals surface area contributed by atoms with E-state index in [1.54, 1.807) is 13.0 Å². The molecule has 1 aliphatic heterocycles. The topological polar surface area (TPSA) is 127 Å². The maximum absolute atomic E-state index is 13.0. The van der Waals surface area contributed by atoms with Crippen LogP contribution in [0.5, 0.6) is 28.7 Å². The second-order valence-corrected chi connectivity index (χ2v) is 6.48. The predicted molar refractivity (Wildman–Crippen MR) is 96.7 cm³/mol. The van der Waals surface area contributed by atoms with Crippen LogP contribution in [0.2, 0.25) is 0 Å². The first kappa shape index (κ1) is 18.6. The summed E-state index contributed by atoms with van der Waals surface area (Å²) in [5.74, 6) is -2.25. The van der Waals surface area contributed by atoms with E-state index in [4.69, 9.17) is 9.84 Å². The Morgan fingerprint density at radius 1 is 1.19 bits per heavy atom. The summed E-state index contributed by atoms with van der Waals surface area (Å²) in [6.07, 6.45) is 1.76. The molecule has 5 N–H and O–H groups in total. The lowest BCUT2D eigenvalue weighted by Gasteiger charge is -2.26. The van der Waals surface area contributed by atoms with Crippen molar-refractivity contribution >= 4 is 5.78 Å². The molecule has 27 heavy (non-hydrogen) atoms.